The maximum absolute atomic E-state index is 4.34. The highest BCUT2D eigenvalue weighted by molar-refractivity contribution is 7.14. The van der Waals surface area contributed by atoms with Gasteiger partial charge >= 0.3 is 0 Å². The lowest BCUT2D eigenvalue weighted by atomic mass is 10.4. The van der Waals surface area contributed by atoms with Crippen LogP contribution in [0.1, 0.15) is 5.01 Å². The summed E-state index contributed by atoms with van der Waals surface area (Å²) in [6.07, 6.45) is 1.85. The second-order valence-corrected chi connectivity index (χ2v) is 4.07. The summed E-state index contributed by atoms with van der Waals surface area (Å²) in [7, 11) is 0. The van der Waals surface area contributed by atoms with Crippen molar-refractivity contribution in [3.05, 3.63) is 22.1 Å². The van der Waals surface area contributed by atoms with Crippen LogP contribution in [0.3, 0.4) is 0 Å². The number of hydrogen-bond acceptors (Lipinski definition) is 4. The van der Waals surface area contributed by atoms with Crippen molar-refractivity contribution in [2.75, 3.05) is 0 Å². The number of aromatic nitrogens is 2. The maximum Gasteiger partial charge on any atom is 0.0930 e. The topological polar surface area (TPSA) is 25.8 Å². The fraction of sp³-hybridized carbons (Fsp3) is 0.143. The van der Waals surface area contributed by atoms with Crippen LogP contribution >= 0.6 is 22.7 Å². The van der Waals surface area contributed by atoms with Gasteiger partial charge in [0, 0.05) is 11.6 Å². The van der Waals surface area contributed by atoms with E-state index in [0.29, 0.717) is 0 Å². The highest BCUT2D eigenvalue weighted by Crippen LogP contribution is 2.24. The van der Waals surface area contributed by atoms with Crippen LogP contribution in [0.4, 0.5) is 0 Å². The molecule has 0 bridgehead atoms. The molecule has 4 heteroatoms. The molecule has 0 aliphatic rings. The first-order chi connectivity index (χ1) is 5.36. The van der Waals surface area contributed by atoms with Crippen molar-refractivity contribution in [3.63, 3.8) is 0 Å². The molecule has 2 aromatic heterocycles. The van der Waals surface area contributed by atoms with Crippen LogP contribution in [0.25, 0.3) is 10.6 Å². The van der Waals surface area contributed by atoms with Crippen molar-refractivity contribution in [1.82, 2.24) is 9.97 Å². The summed E-state index contributed by atoms with van der Waals surface area (Å²) in [5, 5.41) is 3.16. The minimum atomic E-state index is 1.05. The minimum absolute atomic E-state index is 1.05. The van der Waals surface area contributed by atoms with Gasteiger partial charge in [-0.3, -0.25) is 4.98 Å². The summed E-state index contributed by atoms with van der Waals surface area (Å²) in [5.74, 6) is 0. The van der Waals surface area contributed by atoms with E-state index in [1.54, 1.807) is 22.7 Å². The zero-order valence-corrected chi connectivity index (χ0v) is 7.58. The maximum atomic E-state index is 4.34. The molecule has 56 valence electrons. The number of rotatable bonds is 1. The first-order valence-corrected chi connectivity index (χ1v) is 4.93. The number of aryl methyl sites for hydroxylation is 1. The molecule has 0 saturated heterocycles. The Morgan fingerprint density at radius 3 is 2.82 bits per heavy atom. The highest BCUT2D eigenvalue weighted by Gasteiger charge is 2.01. The standard InChI is InChI=1S/C7H6N2S2/c1-5-9-6(3-10-5)7-2-8-4-11-7/h2-4H,1H3. The van der Waals surface area contributed by atoms with E-state index in [1.165, 1.54) is 0 Å². The molecular weight excluding hydrogens is 176 g/mol. The van der Waals surface area contributed by atoms with E-state index >= 15 is 0 Å². The van der Waals surface area contributed by atoms with Crippen molar-refractivity contribution in [2.45, 2.75) is 6.92 Å². The molecule has 0 aliphatic heterocycles. The van der Waals surface area contributed by atoms with Crippen molar-refractivity contribution in [1.29, 1.82) is 0 Å². The summed E-state index contributed by atoms with van der Waals surface area (Å²) in [4.78, 5) is 9.48. The van der Waals surface area contributed by atoms with E-state index in [0.717, 1.165) is 15.6 Å². The summed E-state index contributed by atoms with van der Waals surface area (Å²) >= 11 is 3.29. The predicted molar refractivity (Wildman–Crippen MR) is 48.0 cm³/mol. The lowest BCUT2D eigenvalue weighted by Gasteiger charge is -1.83. The summed E-state index contributed by atoms with van der Waals surface area (Å²) in [6.45, 7) is 2.01. The molecule has 0 saturated carbocycles. The van der Waals surface area contributed by atoms with Gasteiger partial charge in [0.25, 0.3) is 0 Å². The Hall–Kier alpha value is -0.740. The third-order valence-corrected chi connectivity index (χ3v) is 2.87. The molecule has 0 aromatic carbocycles. The lowest BCUT2D eigenvalue weighted by molar-refractivity contribution is 1.30. The van der Waals surface area contributed by atoms with Gasteiger partial charge in [0.2, 0.25) is 0 Å². The molecular formula is C7H6N2S2. The molecule has 0 atom stereocenters. The summed E-state index contributed by atoms with van der Waals surface area (Å²) < 4.78 is 0. The van der Waals surface area contributed by atoms with Crippen molar-refractivity contribution >= 4 is 22.7 Å². The van der Waals surface area contributed by atoms with Crippen molar-refractivity contribution in [3.8, 4) is 10.6 Å². The Bertz CT molecular complexity index is 337. The highest BCUT2D eigenvalue weighted by atomic mass is 32.1. The lowest BCUT2D eigenvalue weighted by Crippen LogP contribution is -1.70. The van der Waals surface area contributed by atoms with Crippen LogP contribution in [-0.4, -0.2) is 9.97 Å². The average Bonchev–Trinajstić information content (AvgIpc) is 2.55. The fourth-order valence-electron chi connectivity index (χ4n) is 0.819. The van der Waals surface area contributed by atoms with E-state index in [4.69, 9.17) is 0 Å². The van der Waals surface area contributed by atoms with Gasteiger partial charge in [0.15, 0.2) is 0 Å². The SMILES string of the molecule is Cc1nc(-c2cncs2)cs1. The van der Waals surface area contributed by atoms with Gasteiger partial charge in [-0.2, -0.15) is 0 Å². The zero-order valence-electron chi connectivity index (χ0n) is 5.94. The fourth-order valence-corrected chi connectivity index (χ4v) is 2.09. The number of hydrogen-bond donors (Lipinski definition) is 0. The Labute approximate surface area is 72.6 Å². The van der Waals surface area contributed by atoms with Crippen LogP contribution in [0.2, 0.25) is 0 Å². The minimum Gasteiger partial charge on any atom is -0.252 e. The Morgan fingerprint density at radius 2 is 2.27 bits per heavy atom. The third-order valence-electron chi connectivity index (χ3n) is 1.30. The van der Waals surface area contributed by atoms with Crippen LogP contribution < -0.4 is 0 Å². The normalized spacial score (nSPS) is 10.3. The van der Waals surface area contributed by atoms with E-state index in [-0.39, 0.29) is 0 Å². The molecule has 0 spiro atoms. The first-order valence-electron chi connectivity index (χ1n) is 3.17. The largest absolute Gasteiger partial charge is 0.252 e. The molecule has 11 heavy (non-hydrogen) atoms. The molecule has 2 rings (SSSR count). The zero-order chi connectivity index (χ0) is 7.68. The van der Waals surface area contributed by atoms with Crippen LogP contribution in [0, 0.1) is 6.92 Å². The predicted octanol–water partition coefficient (Wildman–Crippen LogP) is 2.58. The van der Waals surface area contributed by atoms with Crippen LogP contribution in [0.5, 0.6) is 0 Å². The van der Waals surface area contributed by atoms with Gasteiger partial charge in [-0.05, 0) is 6.92 Å². The molecule has 0 aliphatic carbocycles. The quantitative estimate of drug-likeness (QED) is 0.677. The molecule has 2 nitrogen and oxygen atoms in total. The van der Waals surface area contributed by atoms with E-state index in [1.807, 2.05) is 18.6 Å². The molecule has 2 heterocycles. The van der Waals surface area contributed by atoms with E-state index in [2.05, 4.69) is 15.3 Å². The average molecular weight is 182 g/mol. The van der Waals surface area contributed by atoms with Crippen molar-refractivity contribution in [2.24, 2.45) is 0 Å². The second-order valence-electron chi connectivity index (χ2n) is 2.12. The van der Waals surface area contributed by atoms with Gasteiger partial charge in [-0.15, -0.1) is 22.7 Å². The van der Waals surface area contributed by atoms with Crippen LogP contribution in [0.15, 0.2) is 17.1 Å². The Kier molecular flexibility index (Phi) is 1.71. The molecule has 0 fully saturated rings. The number of thiazole rings is 2. The molecule has 0 radical (unpaired) electrons. The monoisotopic (exact) mass is 182 g/mol. The van der Waals surface area contributed by atoms with Gasteiger partial charge in [0.05, 0.1) is 21.1 Å². The van der Waals surface area contributed by atoms with Gasteiger partial charge in [0.1, 0.15) is 0 Å². The summed E-state index contributed by atoms with van der Waals surface area (Å²) in [5.41, 5.74) is 2.87. The van der Waals surface area contributed by atoms with E-state index < -0.39 is 0 Å². The van der Waals surface area contributed by atoms with Gasteiger partial charge in [-0.1, -0.05) is 0 Å². The first kappa shape index (κ1) is 6.94. The Morgan fingerprint density at radius 1 is 1.36 bits per heavy atom. The van der Waals surface area contributed by atoms with E-state index in [9.17, 15) is 0 Å². The Balaban J connectivity index is 2.45. The summed E-state index contributed by atoms with van der Waals surface area (Å²) in [6, 6.07) is 0. The smallest absolute Gasteiger partial charge is 0.0930 e. The van der Waals surface area contributed by atoms with Gasteiger partial charge < -0.3 is 0 Å². The van der Waals surface area contributed by atoms with Crippen molar-refractivity contribution < 1.29 is 0 Å². The molecule has 0 N–H and O–H groups in total. The molecule has 2 aromatic rings. The second kappa shape index (κ2) is 2.71. The van der Waals surface area contributed by atoms with Gasteiger partial charge in [-0.25, -0.2) is 4.98 Å². The third kappa shape index (κ3) is 1.32. The van der Waals surface area contributed by atoms with Crippen LogP contribution in [-0.2, 0) is 0 Å². The molecule has 0 unspecified atom stereocenters. The number of nitrogens with zero attached hydrogens (tertiary/aromatic N) is 2. The molecule has 0 amide bonds.